The third kappa shape index (κ3) is 22.7. The molecule has 3 aromatic carbocycles. The Morgan fingerprint density at radius 3 is 1.36 bits per heavy atom. The van der Waals surface area contributed by atoms with E-state index in [2.05, 4.69) is 72.6 Å². The van der Waals surface area contributed by atoms with Gasteiger partial charge in [-0.1, -0.05) is 61.7 Å². The number of esters is 3. The van der Waals surface area contributed by atoms with E-state index in [1.54, 1.807) is 63.4 Å². The number of carbonyl (C=O) groups excluding carboxylic acids is 3. The number of aliphatic carboxylic acids is 3. The van der Waals surface area contributed by atoms with Crippen LogP contribution in [-0.2, 0) is 57.2 Å². The number of ether oxygens (including phenoxy) is 6. The van der Waals surface area contributed by atoms with Gasteiger partial charge >= 0.3 is 35.8 Å². The molecule has 110 heavy (non-hydrogen) atoms. The number of rotatable bonds is 26. The van der Waals surface area contributed by atoms with Gasteiger partial charge in [0.15, 0.2) is 32.5 Å². The number of nitrogens with zero attached hydrogens (tertiary/aromatic N) is 10. The van der Waals surface area contributed by atoms with E-state index in [-0.39, 0.29) is 43.0 Å². The van der Waals surface area contributed by atoms with Crippen LogP contribution in [0.2, 0.25) is 5.02 Å². The number of carboxylic acid groups (broad SMARTS) is 3. The summed E-state index contributed by atoms with van der Waals surface area (Å²) in [6, 6.07) is 10.00. The summed E-state index contributed by atoms with van der Waals surface area (Å²) in [5.74, 6) is -4.52. The molecule has 0 amide bonds. The summed E-state index contributed by atoms with van der Waals surface area (Å²) in [6.07, 6.45) is 9.28. The van der Waals surface area contributed by atoms with Gasteiger partial charge in [0.1, 0.15) is 35.6 Å². The number of benzene rings is 3. The second kappa shape index (κ2) is 40.4. The molecule has 3 unspecified atom stereocenters. The van der Waals surface area contributed by atoms with Crippen LogP contribution in [0, 0.1) is 17.5 Å². The van der Waals surface area contributed by atoms with Crippen LogP contribution in [0.5, 0.6) is 0 Å². The second-order valence-corrected chi connectivity index (χ2v) is 29.6. The Morgan fingerprint density at radius 2 is 0.991 bits per heavy atom. The monoisotopic (exact) mass is 1720 g/mol. The quantitative estimate of drug-likeness (QED) is 0.0167. The zero-order valence-corrected chi connectivity index (χ0v) is 66.0. The molecule has 6 atom stereocenters. The van der Waals surface area contributed by atoms with Crippen LogP contribution < -0.4 is 16.0 Å². The number of thiazole rings is 3. The van der Waals surface area contributed by atoms with Crippen LogP contribution in [0.4, 0.5) is 13.2 Å². The van der Waals surface area contributed by atoms with E-state index in [9.17, 15) is 47.0 Å². The Labute approximate surface area is 664 Å². The number of morpholine rings is 3. The van der Waals surface area contributed by atoms with Crippen LogP contribution in [0.15, 0.2) is 171 Å². The van der Waals surface area contributed by atoms with E-state index >= 15 is 0 Å². The molecular weight excluding hydrogens is 1650 g/mol. The predicted octanol–water partition coefficient (Wildman–Crippen LogP) is 9.15. The van der Waals surface area contributed by atoms with Gasteiger partial charge in [-0.15, -0.1) is 34.0 Å². The van der Waals surface area contributed by atoms with E-state index in [0.29, 0.717) is 172 Å². The Morgan fingerprint density at radius 1 is 0.591 bits per heavy atom. The Hall–Kier alpha value is -8.76. The summed E-state index contributed by atoms with van der Waals surface area (Å²) < 4.78 is 75.8. The number of halogens is 6. The highest BCUT2D eigenvalue weighted by Crippen LogP contribution is 2.41. The van der Waals surface area contributed by atoms with Gasteiger partial charge in [0.05, 0.1) is 81.7 Å². The lowest BCUT2D eigenvalue weighted by atomic mass is 9.95. The van der Waals surface area contributed by atoms with Crippen molar-refractivity contribution in [1.29, 1.82) is 0 Å². The van der Waals surface area contributed by atoms with Crippen molar-refractivity contribution in [1.82, 2.24) is 50.5 Å². The van der Waals surface area contributed by atoms with Crippen LogP contribution >= 0.6 is 77.5 Å². The molecule has 12 rings (SSSR count). The second-order valence-electron chi connectivity index (χ2n) is 24.8. The SMILES string of the molecule is CCOC(=O)C1=C(CN2CCOC(/C=C/C(=O)O)C2)NC(c2nccs2)=N[C@H]1c1ccc(F)cc1Br.CCOC(=O)C1=C(CN2CCOC(/C=C/C(=O)O)C2)NC(c2nccs2)=N[C@H]1c1ccc(F)cc1Cl.CCOC(=O)C1=C(CN2CCOCC2CN(C)CC(=O)O)NC(c2nccs2)=N[C@H]1c1ccc(F)cc1Br. The lowest BCUT2D eigenvalue weighted by molar-refractivity contribution is -0.140. The maximum absolute atomic E-state index is 14.0. The van der Waals surface area contributed by atoms with Crippen molar-refractivity contribution in [2.75, 3.05) is 119 Å². The zero-order chi connectivity index (χ0) is 78.5. The highest BCUT2D eigenvalue weighted by molar-refractivity contribution is 9.10. The summed E-state index contributed by atoms with van der Waals surface area (Å²) in [4.78, 5) is 108. The van der Waals surface area contributed by atoms with Crippen LogP contribution in [0.1, 0.15) is 70.6 Å². The van der Waals surface area contributed by atoms with E-state index in [0.717, 1.165) is 12.2 Å². The van der Waals surface area contributed by atoms with Gasteiger partial charge in [-0.05, 0) is 87.5 Å². The summed E-state index contributed by atoms with van der Waals surface area (Å²) in [5.41, 5.74) is 4.29. The molecule has 37 heteroatoms. The first kappa shape index (κ1) is 83.7. The van der Waals surface area contributed by atoms with Crippen molar-refractivity contribution < 1.29 is 85.7 Å². The summed E-state index contributed by atoms with van der Waals surface area (Å²) in [7, 11) is 1.75. The highest BCUT2D eigenvalue weighted by Gasteiger charge is 2.40. The minimum Gasteiger partial charge on any atom is -0.480 e. The summed E-state index contributed by atoms with van der Waals surface area (Å²) >= 11 is 17.4. The molecule has 0 bridgehead atoms. The van der Waals surface area contributed by atoms with Crippen molar-refractivity contribution in [3.63, 3.8) is 0 Å². The number of carboxylic acids is 3. The zero-order valence-electron chi connectivity index (χ0n) is 59.7. The van der Waals surface area contributed by atoms with E-state index in [4.69, 9.17) is 65.2 Å². The number of carbonyl (C=O) groups is 6. The van der Waals surface area contributed by atoms with Gasteiger partial charge in [0.25, 0.3) is 0 Å². The molecule has 9 heterocycles. The number of hydrogen-bond acceptors (Lipinski definition) is 28. The van der Waals surface area contributed by atoms with Crippen LogP contribution in [0.3, 0.4) is 0 Å². The molecule has 0 radical (unpaired) electrons. The van der Waals surface area contributed by atoms with E-state index in [1.165, 1.54) is 88.6 Å². The molecule has 3 fully saturated rings. The van der Waals surface area contributed by atoms with Gasteiger partial charge in [-0.25, -0.2) is 52.1 Å². The number of nitrogens with one attached hydrogen (secondary N) is 3. The molecule has 0 aliphatic carbocycles. The summed E-state index contributed by atoms with van der Waals surface area (Å²) in [6.45, 7) is 11.3. The number of aliphatic imine (C=N–C) groups is 3. The molecule has 28 nitrogen and oxygen atoms in total. The molecule has 6 aliphatic rings. The fraction of sp³-hybridized carbons (Fsp3) is 0.370. The predicted molar refractivity (Wildman–Crippen MR) is 411 cm³/mol. The van der Waals surface area contributed by atoms with Crippen LogP contribution in [0.25, 0.3) is 0 Å². The minimum atomic E-state index is -1.06. The van der Waals surface area contributed by atoms with Crippen molar-refractivity contribution in [3.05, 3.63) is 211 Å². The third-order valence-electron chi connectivity index (χ3n) is 17.2. The fourth-order valence-corrected chi connectivity index (χ4v) is 15.6. The van der Waals surface area contributed by atoms with Crippen LogP contribution in [-0.4, -0.2) is 240 Å². The smallest absolute Gasteiger partial charge is 0.338 e. The Balaban J connectivity index is 0.000000176. The number of likely N-dealkylation sites (N-methyl/N-ethyl adjacent to an activating group) is 1. The highest BCUT2D eigenvalue weighted by atomic mass is 79.9. The average molecular weight is 1720 g/mol. The molecule has 3 aromatic heterocycles. The largest absolute Gasteiger partial charge is 0.480 e. The average Bonchev–Trinajstić information content (AvgIpc) is 1.75. The lowest BCUT2D eigenvalue weighted by Gasteiger charge is -2.39. The van der Waals surface area contributed by atoms with Crippen molar-refractivity contribution in [2.24, 2.45) is 15.0 Å². The van der Waals surface area contributed by atoms with Gasteiger partial charge in [0.2, 0.25) is 0 Å². The topological polar surface area (TPSA) is 343 Å². The molecule has 3 saturated heterocycles. The van der Waals surface area contributed by atoms with Crippen molar-refractivity contribution >= 4 is 131 Å². The molecule has 6 aromatic rings. The normalized spacial score (nSPS) is 20.6. The molecule has 0 saturated carbocycles. The molecule has 6 aliphatic heterocycles. The third-order valence-corrected chi connectivity index (χ3v) is 21.2. The first-order valence-corrected chi connectivity index (χ1v) is 39.1. The number of amidine groups is 3. The summed E-state index contributed by atoms with van der Waals surface area (Å²) in [5, 5.41) is 44.4. The van der Waals surface area contributed by atoms with Gasteiger partial charge in [0, 0.05) is 148 Å². The standard InChI is InChI=1S/C25H29BrFN5O5S.C24H24BrFN4O5S.C24H24ClFN4O5S/c1-3-37-25(35)21-19(12-32-7-8-36-14-16(32)11-31(2)13-20(33)34)29-23(24-28-6-9-38-24)30-22(21)17-5-4-15(27)10-18(17)26;2*1-2-34-24(33)20-18(13-30-8-9-35-15(12-30)4-6-19(31)32)28-22(23-27-7-10-36-23)29-21(20)16-5-3-14(26)11-17(16)25/h4-6,9-10,16,22H,3,7-8,11-14H2,1-2H3,(H,29,30)(H,33,34);2*3-7,10-11,15,21H,2,8-9,12-13H2,1H3,(H,28,29)(H,31,32)/b;2*6-4+/t16?,22-;2*15?,21-/m000/s1. The van der Waals surface area contributed by atoms with E-state index < -0.39 is 83.6 Å². The fourth-order valence-electron chi connectivity index (χ4n) is 12.4. The molecule has 6 N–H and O–H groups in total. The maximum Gasteiger partial charge on any atom is 0.338 e. The molecule has 0 spiro atoms. The maximum atomic E-state index is 14.0. The minimum absolute atomic E-state index is 0.0963. The van der Waals surface area contributed by atoms with Crippen molar-refractivity contribution in [2.45, 2.75) is 57.1 Å². The van der Waals surface area contributed by atoms with E-state index in [1.807, 2.05) is 21.0 Å². The number of hydrogen-bond donors (Lipinski definition) is 6. The first-order valence-electron chi connectivity index (χ1n) is 34.5. The van der Waals surface area contributed by atoms with Crippen molar-refractivity contribution in [3.8, 4) is 0 Å². The lowest BCUT2D eigenvalue weighted by Crippen LogP contribution is -2.53. The van der Waals surface area contributed by atoms with Gasteiger partial charge in [-0.2, -0.15) is 0 Å². The Kier molecular flexibility index (Phi) is 30.8. The number of aromatic nitrogens is 3. The molecule has 584 valence electrons. The molecular formula is C73H77Br2ClF3N13O15S3. The first-order chi connectivity index (χ1) is 53.0. The van der Waals surface area contributed by atoms with Gasteiger partial charge < -0.3 is 59.7 Å². The van der Waals surface area contributed by atoms with Gasteiger partial charge in [-0.3, -0.25) is 39.4 Å². The Bertz CT molecular complexity index is 4370.